The fourth-order valence-electron chi connectivity index (χ4n) is 2.73. The summed E-state index contributed by atoms with van der Waals surface area (Å²) in [4.78, 5) is 0. The number of allylic oxidation sites excluding steroid dienone is 4. The molecule has 0 radical (unpaired) electrons. The van der Waals surface area contributed by atoms with Crippen molar-refractivity contribution in [3.8, 4) is 0 Å². The predicted molar refractivity (Wildman–Crippen MR) is 56.8 cm³/mol. The van der Waals surface area contributed by atoms with Gasteiger partial charge in [-0.2, -0.15) is 0 Å². The molecule has 0 aromatic heterocycles. The maximum Gasteiger partial charge on any atom is 0.123 e. The Balaban J connectivity index is 2.00. The highest BCUT2D eigenvalue weighted by Crippen LogP contribution is 2.42. The summed E-state index contributed by atoms with van der Waals surface area (Å²) in [5.41, 5.74) is 4.58. The number of fused-ring (bicyclic) bond motifs is 2. The topological polar surface area (TPSA) is 9.23 Å². The Kier molecular flexibility index (Phi) is 1.79. The van der Waals surface area contributed by atoms with E-state index in [1.807, 2.05) is 0 Å². The van der Waals surface area contributed by atoms with Crippen molar-refractivity contribution in [1.29, 1.82) is 0 Å². The molecule has 1 nitrogen and oxygen atoms in total. The SMILES string of the molecule is CC1=CC=C2OC3CCCCC3=C2C1. The number of hydrogen-bond acceptors (Lipinski definition) is 1. The molecule has 0 aromatic carbocycles. The first-order valence-electron chi connectivity index (χ1n) is 5.61. The largest absolute Gasteiger partial charge is 0.486 e. The fourth-order valence-corrected chi connectivity index (χ4v) is 2.73. The summed E-state index contributed by atoms with van der Waals surface area (Å²) in [6.45, 7) is 2.21. The van der Waals surface area contributed by atoms with Crippen LogP contribution in [0.15, 0.2) is 34.6 Å². The maximum absolute atomic E-state index is 5.96. The highest BCUT2D eigenvalue weighted by atomic mass is 16.5. The van der Waals surface area contributed by atoms with E-state index in [1.165, 1.54) is 36.8 Å². The summed E-state index contributed by atoms with van der Waals surface area (Å²) in [5, 5.41) is 0. The van der Waals surface area contributed by atoms with Gasteiger partial charge in [0.15, 0.2) is 0 Å². The monoisotopic (exact) mass is 188 g/mol. The molecule has 1 heterocycles. The van der Waals surface area contributed by atoms with Gasteiger partial charge in [0.25, 0.3) is 0 Å². The van der Waals surface area contributed by atoms with Gasteiger partial charge in [0.2, 0.25) is 0 Å². The zero-order valence-electron chi connectivity index (χ0n) is 8.68. The summed E-state index contributed by atoms with van der Waals surface area (Å²) in [6, 6.07) is 0. The van der Waals surface area contributed by atoms with E-state index in [-0.39, 0.29) is 0 Å². The van der Waals surface area contributed by atoms with Crippen LogP contribution in [-0.2, 0) is 4.74 Å². The molecule has 0 amide bonds. The van der Waals surface area contributed by atoms with Crippen LogP contribution in [0.25, 0.3) is 0 Å². The van der Waals surface area contributed by atoms with Crippen molar-refractivity contribution in [2.75, 3.05) is 0 Å². The molecule has 0 aromatic rings. The summed E-state index contributed by atoms with van der Waals surface area (Å²) in [7, 11) is 0. The Morgan fingerprint density at radius 1 is 1.29 bits per heavy atom. The third-order valence-corrected chi connectivity index (χ3v) is 3.48. The Labute approximate surface area is 85.1 Å². The summed E-state index contributed by atoms with van der Waals surface area (Å²) in [5.74, 6) is 1.16. The van der Waals surface area contributed by atoms with Crippen LogP contribution >= 0.6 is 0 Å². The number of rotatable bonds is 0. The van der Waals surface area contributed by atoms with Crippen LogP contribution in [0.4, 0.5) is 0 Å². The zero-order valence-corrected chi connectivity index (χ0v) is 8.68. The third-order valence-electron chi connectivity index (χ3n) is 3.48. The molecule has 3 rings (SSSR count). The minimum absolute atomic E-state index is 0.435. The summed E-state index contributed by atoms with van der Waals surface area (Å²) in [6.07, 6.45) is 11.1. The van der Waals surface area contributed by atoms with Gasteiger partial charge < -0.3 is 4.74 Å². The van der Waals surface area contributed by atoms with E-state index in [2.05, 4.69) is 19.1 Å². The molecule has 1 aliphatic heterocycles. The second-order valence-electron chi connectivity index (χ2n) is 4.58. The molecule has 0 bridgehead atoms. The Morgan fingerprint density at radius 2 is 2.21 bits per heavy atom. The first-order valence-corrected chi connectivity index (χ1v) is 5.61. The van der Waals surface area contributed by atoms with Gasteiger partial charge in [-0.25, -0.2) is 0 Å². The van der Waals surface area contributed by atoms with Gasteiger partial charge in [0.1, 0.15) is 11.9 Å². The van der Waals surface area contributed by atoms with E-state index in [9.17, 15) is 0 Å². The molecular formula is C13H16O. The van der Waals surface area contributed by atoms with Crippen LogP contribution in [-0.4, -0.2) is 6.10 Å². The molecule has 2 aliphatic carbocycles. The molecule has 0 saturated heterocycles. The zero-order chi connectivity index (χ0) is 9.54. The fraction of sp³-hybridized carbons (Fsp3) is 0.538. The summed E-state index contributed by atoms with van der Waals surface area (Å²) >= 11 is 0. The van der Waals surface area contributed by atoms with Crippen molar-refractivity contribution in [3.05, 3.63) is 34.6 Å². The molecule has 0 spiro atoms. The maximum atomic E-state index is 5.96. The number of ether oxygens (including phenoxy) is 1. The van der Waals surface area contributed by atoms with Crippen LogP contribution < -0.4 is 0 Å². The molecule has 1 fully saturated rings. The predicted octanol–water partition coefficient (Wildman–Crippen LogP) is 3.49. The van der Waals surface area contributed by atoms with Crippen LogP contribution in [0, 0.1) is 0 Å². The average molecular weight is 188 g/mol. The van der Waals surface area contributed by atoms with Crippen LogP contribution in [0.3, 0.4) is 0 Å². The van der Waals surface area contributed by atoms with E-state index < -0.39 is 0 Å². The highest BCUT2D eigenvalue weighted by Gasteiger charge is 2.33. The van der Waals surface area contributed by atoms with Crippen LogP contribution in [0.1, 0.15) is 39.0 Å². The minimum Gasteiger partial charge on any atom is -0.486 e. The molecule has 1 unspecified atom stereocenters. The minimum atomic E-state index is 0.435. The lowest BCUT2D eigenvalue weighted by molar-refractivity contribution is 0.149. The second-order valence-corrected chi connectivity index (χ2v) is 4.58. The van der Waals surface area contributed by atoms with Gasteiger partial charge in [-0.3, -0.25) is 0 Å². The van der Waals surface area contributed by atoms with Crippen molar-refractivity contribution in [2.45, 2.75) is 45.1 Å². The molecule has 3 aliphatic rings. The van der Waals surface area contributed by atoms with Crippen molar-refractivity contribution >= 4 is 0 Å². The van der Waals surface area contributed by atoms with Crippen LogP contribution in [0.2, 0.25) is 0 Å². The Hall–Kier alpha value is -0.980. The lowest BCUT2D eigenvalue weighted by atomic mass is 9.87. The van der Waals surface area contributed by atoms with Crippen molar-refractivity contribution < 1.29 is 4.74 Å². The lowest BCUT2D eigenvalue weighted by Crippen LogP contribution is -2.13. The van der Waals surface area contributed by atoms with Gasteiger partial charge >= 0.3 is 0 Å². The van der Waals surface area contributed by atoms with Gasteiger partial charge in [-0.05, 0) is 50.7 Å². The molecule has 14 heavy (non-hydrogen) atoms. The lowest BCUT2D eigenvalue weighted by Gasteiger charge is -2.19. The Morgan fingerprint density at radius 3 is 3.14 bits per heavy atom. The van der Waals surface area contributed by atoms with E-state index >= 15 is 0 Å². The standard InChI is InChI=1S/C13H16O/c1-9-6-7-13-11(8-9)10-4-2-3-5-12(10)14-13/h6-7,12H,2-5,8H2,1H3. The van der Waals surface area contributed by atoms with Crippen molar-refractivity contribution in [1.82, 2.24) is 0 Å². The van der Waals surface area contributed by atoms with Gasteiger partial charge in [0, 0.05) is 5.57 Å². The third kappa shape index (κ3) is 1.15. The highest BCUT2D eigenvalue weighted by molar-refractivity contribution is 5.46. The van der Waals surface area contributed by atoms with Gasteiger partial charge in [-0.1, -0.05) is 11.6 Å². The van der Waals surface area contributed by atoms with Gasteiger partial charge in [0.05, 0.1) is 0 Å². The molecular weight excluding hydrogens is 172 g/mol. The average Bonchev–Trinajstić information content (AvgIpc) is 2.56. The van der Waals surface area contributed by atoms with E-state index in [0.717, 1.165) is 12.2 Å². The van der Waals surface area contributed by atoms with E-state index in [0.29, 0.717) is 6.10 Å². The molecule has 1 heteroatoms. The molecule has 0 N–H and O–H groups in total. The molecule has 74 valence electrons. The summed E-state index contributed by atoms with van der Waals surface area (Å²) < 4.78 is 5.96. The van der Waals surface area contributed by atoms with E-state index in [4.69, 9.17) is 4.74 Å². The van der Waals surface area contributed by atoms with Crippen molar-refractivity contribution in [2.24, 2.45) is 0 Å². The van der Waals surface area contributed by atoms with Crippen molar-refractivity contribution in [3.63, 3.8) is 0 Å². The quantitative estimate of drug-likeness (QED) is 0.565. The normalized spacial score (nSPS) is 30.2. The first kappa shape index (κ1) is 8.34. The molecule has 1 atom stereocenters. The molecule has 1 saturated carbocycles. The van der Waals surface area contributed by atoms with Crippen LogP contribution in [0.5, 0.6) is 0 Å². The first-order chi connectivity index (χ1) is 6.84. The van der Waals surface area contributed by atoms with E-state index in [1.54, 1.807) is 5.57 Å². The second kappa shape index (κ2) is 3.01. The number of hydrogen-bond donors (Lipinski definition) is 0. The van der Waals surface area contributed by atoms with Gasteiger partial charge in [-0.15, -0.1) is 0 Å². The Bertz CT molecular complexity index is 357. The smallest absolute Gasteiger partial charge is 0.123 e.